The van der Waals surface area contributed by atoms with Crippen molar-refractivity contribution < 1.29 is 13.2 Å². The molecule has 3 saturated carbocycles. The van der Waals surface area contributed by atoms with Crippen molar-refractivity contribution in [2.24, 2.45) is 23.7 Å². The Morgan fingerprint density at radius 3 is 2.54 bits per heavy atom. The number of nitrogens with zero attached hydrogens (tertiary/aromatic N) is 5. The Morgan fingerprint density at radius 2 is 1.83 bits per heavy atom. The van der Waals surface area contributed by atoms with E-state index < -0.39 is 11.7 Å². The average Bonchev–Trinajstić information content (AvgIpc) is 3.26. The molecule has 35 heavy (non-hydrogen) atoms. The lowest BCUT2D eigenvalue weighted by atomic mass is 9.58. The molecule has 6 nitrogen and oxygen atoms in total. The molecule has 3 aromatic rings. The number of anilines is 1. The zero-order chi connectivity index (χ0) is 24.3. The zero-order valence-corrected chi connectivity index (χ0v) is 20.3. The van der Waals surface area contributed by atoms with E-state index in [4.69, 9.17) is 11.6 Å². The number of aromatic nitrogens is 5. The van der Waals surface area contributed by atoms with Gasteiger partial charge in [-0.05, 0) is 61.8 Å². The molecule has 10 heteroatoms. The van der Waals surface area contributed by atoms with E-state index in [-0.39, 0.29) is 37.6 Å². The van der Waals surface area contributed by atoms with E-state index >= 15 is 4.39 Å². The standard InChI is InChI=1S/C25H28ClF3N6/c1-13-14-2-4-15(5-3-14)17(13)11-19-20(27)24(35-8-6-25(28,29)7-9-35)32-23(31-19)21-18-10-16(26)12-30-22(18)34-33-21/h10,12-15,17H,2-9,11H2,1H3,(H,30,33,34). The van der Waals surface area contributed by atoms with Gasteiger partial charge in [0.15, 0.2) is 23.1 Å². The minimum atomic E-state index is -2.73. The fourth-order valence-electron chi connectivity index (χ4n) is 6.48. The lowest BCUT2D eigenvalue weighted by Gasteiger charge is -2.47. The monoisotopic (exact) mass is 504 g/mol. The Hall–Kier alpha value is -2.42. The number of piperidine rings is 1. The molecule has 1 aliphatic heterocycles. The number of halogens is 4. The predicted molar refractivity (Wildman–Crippen MR) is 128 cm³/mol. The van der Waals surface area contributed by atoms with Gasteiger partial charge in [-0.2, -0.15) is 5.10 Å². The van der Waals surface area contributed by atoms with Gasteiger partial charge < -0.3 is 4.90 Å². The van der Waals surface area contributed by atoms with Gasteiger partial charge >= 0.3 is 0 Å². The number of alkyl halides is 2. The molecule has 3 aliphatic carbocycles. The maximum Gasteiger partial charge on any atom is 0.251 e. The van der Waals surface area contributed by atoms with Gasteiger partial charge in [0.25, 0.3) is 5.92 Å². The molecule has 2 unspecified atom stereocenters. The average molecular weight is 505 g/mol. The van der Waals surface area contributed by atoms with Gasteiger partial charge in [-0.1, -0.05) is 18.5 Å². The lowest BCUT2D eigenvalue weighted by molar-refractivity contribution is -0.0222. The van der Waals surface area contributed by atoms with Gasteiger partial charge in [0, 0.05) is 32.1 Å². The van der Waals surface area contributed by atoms with Crippen molar-refractivity contribution in [3.05, 3.63) is 28.8 Å². The highest BCUT2D eigenvalue weighted by molar-refractivity contribution is 6.31. The van der Waals surface area contributed by atoms with Crippen molar-refractivity contribution in [1.82, 2.24) is 25.1 Å². The number of H-pyrrole nitrogens is 1. The van der Waals surface area contributed by atoms with Gasteiger partial charge in [0.2, 0.25) is 0 Å². The lowest BCUT2D eigenvalue weighted by Crippen LogP contribution is -2.41. The van der Waals surface area contributed by atoms with Crippen molar-refractivity contribution in [2.45, 2.75) is 57.8 Å². The summed E-state index contributed by atoms with van der Waals surface area (Å²) in [5, 5.41) is 8.23. The van der Waals surface area contributed by atoms with Crippen LogP contribution in [0, 0.1) is 29.5 Å². The number of pyridine rings is 1. The van der Waals surface area contributed by atoms with E-state index in [0.717, 1.165) is 0 Å². The number of nitrogens with one attached hydrogen (secondary N) is 1. The Morgan fingerprint density at radius 1 is 1.11 bits per heavy atom. The van der Waals surface area contributed by atoms with Gasteiger partial charge in [-0.25, -0.2) is 28.1 Å². The van der Waals surface area contributed by atoms with Crippen molar-refractivity contribution in [1.29, 1.82) is 0 Å². The normalized spacial score (nSPS) is 28.1. The molecule has 0 amide bonds. The maximum atomic E-state index is 16.0. The van der Waals surface area contributed by atoms with Crippen LogP contribution in [0.2, 0.25) is 5.02 Å². The molecule has 1 N–H and O–H groups in total. The Bertz CT molecular complexity index is 1240. The molecule has 0 aromatic carbocycles. The van der Waals surface area contributed by atoms with Crippen molar-refractivity contribution in [3.8, 4) is 11.5 Å². The van der Waals surface area contributed by atoms with Crippen LogP contribution in [0.3, 0.4) is 0 Å². The summed E-state index contributed by atoms with van der Waals surface area (Å²) < 4.78 is 43.6. The van der Waals surface area contributed by atoms with Crippen molar-refractivity contribution >= 4 is 28.5 Å². The number of rotatable bonds is 4. The van der Waals surface area contributed by atoms with Crippen molar-refractivity contribution in [3.63, 3.8) is 0 Å². The second-order valence-corrected chi connectivity index (χ2v) is 10.9. The van der Waals surface area contributed by atoms with Crippen LogP contribution in [0.4, 0.5) is 19.0 Å². The fourth-order valence-corrected chi connectivity index (χ4v) is 6.64. The number of fused-ring (bicyclic) bond motifs is 4. The van der Waals surface area contributed by atoms with Gasteiger partial charge in [0.05, 0.1) is 16.1 Å². The third-order valence-electron chi connectivity index (χ3n) is 8.57. The second kappa shape index (κ2) is 8.61. The highest BCUT2D eigenvalue weighted by Gasteiger charge is 2.42. The van der Waals surface area contributed by atoms with E-state index in [1.807, 2.05) is 0 Å². The Balaban J connectivity index is 1.43. The van der Waals surface area contributed by atoms with E-state index in [1.165, 1.54) is 31.9 Å². The molecule has 0 radical (unpaired) electrons. The van der Waals surface area contributed by atoms with Crippen LogP contribution in [0.1, 0.15) is 51.1 Å². The van der Waals surface area contributed by atoms with Gasteiger partial charge in [0.1, 0.15) is 5.69 Å². The fraction of sp³-hybridized carbons (Fsp3) is 0.600. The van der Waals surface area contributed by atoms with Crippen LogP contribution in [0.25, 0.3) is 22.6 Å². The third-order valence-corrected chi connectivity index (χ3v) is 8.77. The number of aromatic amines is 1. The number of hydrogen-bond donors (Lipinski definition) is 1. The summed E-state index contributed by atoms with van der Waals surface area (Å²) in [5.74, 6) is -0.733. The molecule has 2 atom stereocenters. The highest BCUT2D eigenvalue weighted by atomic mass is 35.5. The van der Waals surface area contributed by atoms with E-state index in [1.54, 1.807) is 11.0 Å². The number of hydrogen-bond acceptors (Lipinski definition) is 5. The summed E-state index contributed by atoms with van der Waals surface area (Å²) in [6, 6.07) is 1.72. The topological polar surface area (TPSA) is 70.6 Å². The summed E-state index contributed by atoms with van der Waals surface area (Å²) in [6.45, 7) is 2.37. The predicted octanol–water partition coefficient (Wildman–Crippen LogP) is 6.06. The molecule has 4 heterocycles. The van der Waals surface area contributed by atoms with Gasteiger partial charge in [-0.3, -0.25) is 5.10 Å². The molecule has 4 aliphatic rings. The van der Waals surface area contributed by atoms with Crippen LogP contribution in [0.15, 0.2) is 12.3 Å². The summed E-state index contributed by atoms with van der Waals surface area (Å²) in [4.78, 5) is 15.1. The van der Waals surface area contributed by atoms with Crippen LogP contribution in [-0.4, -0.2) is 44.2 Å². The molecular weight excluding hydrogens is 477 g/mol. The zero-order valence-electron chi connectivity index (χ0n) is 19.6. The summed E-state index contributed by atoms with van der Waals surface area (Å²) in [7, 11) is 0. The molecular formula is C25H28ClF3N6. The molecule has 3 aromatic heterocycles. The smallest absolute Gasteiger partial charge is 0.251 e. The van der Waals surface area contributed by atoms with Crippen LogP contribution >= 0.6 is 11.6 Å². The summed E-state index contributed by atoms with van der Waals surface area (Å²) in [6.07, 6.45) is 6.25. The first-order chi connectivity index (χ1) is 16.8. The SMILES string of the molecule is CC1C2CCC(CC2)C1Cc1nc(-c2[nH]nc3ncc(Cl)cc23)nc(N2CCC(F)(F)CC2)c1F. The first kappa shape index (κ1) is 23.0. The molecule has 1 saturated heterocycles. The van der Waals surface area contributed by atoms with Gasteiger partial charge in [-0.15, -0.1) is 0 Å². The molecule has 4 fully saturated rings. The van der Waals surface area contributed by atoms with Crippen LogP contribution in [-0.2, 0) is 6.42 Å². The molecule has 2 bridgehead atoms. The third kappa shape index (κ3) is 4.15. The van der Waals surface area contributed by atoms with Crippen LogP contribution in [0.5, 0.6) is 0 Å². The largest absolute Gasteiger partial charge is 0.354 e. The van der Waals surface area contributed by atoms with E-state index in [2.05, 4.69) is 32.1 Å². The minimum Gasteiger partial charge on any atom is -0.354 e. The summed E-state index contributed by atoms with van der Waals surface area (Å²) in [5.41, 5.74) is 1.30. The van der Waals surface area contributed by atoms with E-state index in [9.17, 15) is 8.78 Å². The molecule has 186 valence electrons. The van der Waals surface area contributed by atoms with Crippen molar-refractivity contribution in [2.75, 3.05) is 18.0 Å². The highest BCUT2D eigenvalue weighted by Crippen LogP contribution is 2.50. The minimum absolute atomic E-state index is 0.0431. The van der Waals surface area contributed by atoms with Crippen LogP contribution < -0.4 is 4.90 Å². The quantitative estimate of drug-likeness (QED) is 0.468. The maximum absolute atomic E-state index is 16.0. The Kier molecular flexibility index (Phi) is 5.66. The summed E-state index contributed by atoms with van der Waals surface area (Å²) >= 11 is 6.17. The first-order valence-electron chi connectivity index (χ1n) is 12.5. The molecule has 7 rings (SSSR count). The first-order valence-corrected chi connectivity index (χ1v) is 12.9. The molecule has 0 spiro atoms. The van der Waals surface area contributed by atoms with E-state index in [0.29, 0.717) is 57.5 Å². The Labute approximate surface area is 206 Å². The second-order valence-electron chi connectivity index (χ2n) is 10.5.